The van der Waals surface area contributed by atoms with Gasteiger partial charge in [-0.25, -0.2) is 13.6 Å². The SMILES string of the molecule is O=C(Nc1ccc(N2CCCCC2=O)cc1)Nc1c(F)cccc1F. The molecule has 0 spiro atoms. The van der Waals surface area contributed by atoms with Crippen LogP contribution in [0, 0.1) is 11.6 Å². The van der Waals surface area contributed by atoms with Crippen LogP contribution in [0.15, 0.2) is 42.5 Å². The summed E-state index contributed by atoms with van der Waals surface area (Å²) in [7, 11) is 0. The first-order chi connectivity index (χ1) is 12.0. The maximum atomic E-state index is 13.5. The van der Waals surface area contributed by atoms with E-state index in [0.29, 0.717) is 18.7 Å². The third-order valence-corrected chi connectivity index (χ3v) is 3.96. The van der Waals surface area contributed by atoms with Crippen molar-refractivity contribution in [2.45, 2.75) is 19.3 Å². The van der Waals surface area contributed by atoms with E-state index in [1.54, 1.807) is 29.2 Å². The molecule has 1 fully saturated rings. The van der Waals surface area contributed by atoms with Crippen molar-refractivity contribution in [3.63, 3.8) is 0 Å². The first-order valence-corrected chi connectivity index (χ1v) is 7.97. The molecule has 1 saturated heterocycles. The van der Waals surface area contributed by atoms with Crippen LogP contribution >= 0.6 is 0 Å². The fraction of sp³-hybridized carbons (Fsp3) is 0.222. The molecule has 1 heterocycles. The van der Waals surface area contributed by atoms with Crippen LogP contribution in [0.4, 0.5) is 30.6 Å². The number of benzene rings is 2. The normalized spacial score (nSPS) is 14.3. The van der Waals surface area contributed by atoms with E-state index in [4.69, 9.17) is 0 Å². The first kappa shape index (κ1) is 16.9. The Labute approximate surface area is 143 Å². The van der Waals surface area contributed by atoms with Gasteiger partial charge in [0.25, 0.3) is 0 Å². The van der Waals surface area contributed by atoms with Crippen LogP contribution in [0.5, 0.6) is 0 Å². The van der Waals surface area contributed by atoms with Gasteiger partial charge in [0, 0.05) is 24.3 Å². The van der Waals surface area contributed by atoms with Crippen LogP contribution in [0.1, 0.15) is 19.3 Å². The van der Waals surface area contributed by atoms with E-state index in [0.717, 1.165) is 30.7 Å². The number of hydrogen-bond acceptors (Lipinski definition) is 2. The fourth-order valence-corrected chi connectivity index (χ4v) is 2.70. The number of hydrogen-bond donors (Lipinski definition) is 2. The smallest absolute Gasteiger partial charge is 0.312 e. The molecule has 0 radical (unpaired) electrons. The molecule has 1 aliphatic rings. The number of carbonyl (C=O) groups excluding carboxylic acids is 2. The van der Waals surface area contributed by atoms with E-state index in [9.17, 15) is 18.4 Å². The highest BCUT2D eigenvalue weighted by Crippen LogP contribution is 2.23. The van der Waals surface area contributed by atoms with Crippen molar-refractivity contribution in [3.05, 3.63) is 54.1 Å². The molecular weight excluding hydrogens is 328 g/mol. The standard InChI is InChI=1S/C18H17F2N3O2/c19-14-4-3-5-15(20)17(14)22-18(25)21-12-7-9-13(10-8-12)23-11-2-1-6-16(23)24/h3-5,7-10H,1-2,6,11H2,(H2,21,22,25). The van der Waals surface area contributed by atoms with E-state index in [1.165, 1.54) is 6.07 Å². The Morgan fingerprint density at radius 2 is 1.64 bits per heavy atom. The summed E-state index contributed by atoms with van der Waals surface area (Å²) < 4.78 is 27.1. The lowest BCUT2D eigenvalue weighted by molar-refractivity contribution is -0.119. The maximum Gasteiger partial charge on any atom is 0.323 e. The quantitative estimate of drug-likeness (QED) is 0.879. The summed E-state index contributed by atoms with van der Waals surface area (Å²) in [5.74, 6) is -1.62. The van der Waals surface area contributed by atoms with Gasteiger partial charge in [-0.3, -0.25) is 4.79 Å². The van der Waals surface area contributed by atoms with E-state index < -0.39 is 23.4 Å². The monoisotopic (exact) mass is 345 g/mol. The van der Waals surface area contributed by atoms with Crippen LogP contribution in [-0.2, 0) is 4.79 Å². The number of anilines is 3. The lowest BCUT2D eigenvalue weighted by Gasteiger charge is -2.26. The Balaban J connectivity index is 1.65. The highest BCUT2D eigenvalue weighted by molar-refractivity contribution is 6.00. The van der Waals surface area contributed by atoms with Crippen molar-refractivity contribution >= 4 is 29.0 Å². The molecule has 2 aromatic carbocycles. The van der Waals surface area contributed by atoms with E-state index >= 15 is 0 Å². The number of amides is 3. The van der Waals surface area contributed by atoms with Crippen molar-refractivity contribution < 1.29 is 18.4 Å². The highest BCUT2D eigenvalue weighted by atomic mass is 19.1. The molecule has 1 aliphatic heterocycles. The van der Waals surface area contributed by atoms with Crippen LogP contribution in [0.2, 0.25) is 0 Å². The molecule has 2 N–H and O–H groups in total. The minimum atomic E-state index is -0.853. The second-order valence-corrected chi connectivity index (χ2v) is 5.73. The Hall–Kier alpha value is -2.96. The number of halogens is 2. The number of rotatable bonds is 3. The van der Waals surface area contributed by atoms with Crippen molar-refractivity contribution in [3.8, 4) is 0 Å². The molecule has 3 amide bonds. The van der Waals surface area contributed by atoms with Crippen molar-refractivity contribution in [2.24, 2.45) is 0 Å². The summed E-state index contributed by atoms with van der Waals surface area (Å²) in [6, 6.07) is 9.29. The Morgan fingerprint density at radius 1 is 0.960 bits per heavy atom. The van der Waals surface area contributed by atoms with Gasteiger partial charge < -0.3 is 15.5 Å². The molecule has 5 nitrogen and oxygen atoms in total. The molecule has 7 heteroatoms. The number of nitrogens with one attached hydrogen (secondary N) is 2. The zero-order valence-corrected chi connectivity index (χ0v) is 13.4. The fourth-order valence-electron chi connectivity index (χ4n) is 2.70. The molecule has 0 bridgehead atoms. The zero-order valence-electron chi connectivity index (χ0n) is 13.4. The maximum absolute atomic E-state index is 13.5. The van der Waals surface area contributed by atoms with Crippen LogP contribution < -0.4 is 15.5 Å². The lowest BCUT2D eigenvalue weighted by Crippen LogP contribution is -2.35. The second kappa shape index (κ2) is 7.29. The average Bonchev–Trinajstić information content (AvgIpc) is 2.60. The molecular formula is C18H17F2N3O2. The highest BCUT2D eigenvalue weighted by Gasteiger charge is 2.19. The minimum Gasteiger partial charge on any atom is -0.312 e. The molecule has 3 rings (SSSR count). The van der Waals surface area contributed by atoms with Gasteiger partial charge in [0.15, 0.2) is 0 Å². The minimum absolute atomic E-state index is 0.0831. The first-order valence-electron chi connectivity index (χ1n) is 7.97. The zero-order chi connectivity index (χ0) is 17.8. The van der Waals surface area contributed by atoms with E-state index in [-0.39, 0.29) is 5.91 Å². The van der Waals surface area contributed by atoms with Crippen molar-refractivity contribution in [1.29, 1.82) is 0 Å². The predicted molar refractivity (Wildman–Crippen MR) is 91.6 cm³/mol. The predicted octanol–water partition coefficient (Wildman–Crippen LogP) is 4.13. The summed E-state index contributed by atoms with van der Waals surface area (Å²) in [6.45, 7) is 0.679. The van der Waals surface area contributed by atoms with Gasteiger partial charge in [0.2, 0.25) is 5.91 Å². The van der Waals surface area contributed by atoms with Crippen LogP contribution in [0.25, 0.3) is 0 Å². The van der Waals surface area contributed by atoms with Gasteiger partial charge >= 0.3 is 6.03 Å². The molecule has 130 valence electrons. The van der Waals surface area contributed by atoms with Crippen LogP contribution in [-0.4, -0.2) is 18.5 Å². The summed E-state index contributed by atoms with van der Waals surface area (Å²) in [5, 5.41) is 4.65. The summed E-state index contributed by atoms with van der Waals surface area (Å²) >= 11 is 0. The summed E-state index contributed by atoms with van der Waals surface area (Å²) in [6.07, 6.45) is 2.40. The number of piperidine rings is 1. The number of para-hydroxylation sites is 1. The summed E-state index contributed by atoms with van der Waals surface area (Å²) in [5.41, 5.74) is 0.703. The molecule has 0 aromatic heterocycles. The molecule has 0 saturated carbocycles. The number of urea groups is 1. The molecule has 25 heavy (non-hydrogen) atoms. The topological polar surface area (TPSA) is 61.4 Å². The van der Waals surface area contributed by atoms with Gasteiger partial charge in [-0.15, -0.1) is 0 Å². The number of nitrogens with zero attached hydrogens (tertiary/aromatic N) is 1. The Bertz CT molecular complexity index is 773. The molecule has 2 aromatic rings. The van der Waals surface area contributed by atoms with Gasteiger partial charge in [-0.05, 0) is 49.2 Å². The third-order valence-electron chi connectivity index (χ3n) is 3.96. The van der Waals surface area contributed by atoms with Crippen molar-refractivity contribution in [1.82, 2.24) is 0 Å². The third kappa shape index (κ3) is 3.93. The molecule has 0 aliphatic carbocycles. The van der Waals surface area contributed by atoms with Crippen LogP contribution in [0.3, 0.4) is 0 Å². The van der Waals surface area contributed by atoms with Gasteiger partial charge in [0.1, 0.15) is 17.3 Å². The average molecular weight is 345 g/mol. The Kier molecular flexibility index (Phi) is 4.92. The van der Waals surface area contributed by atoms with Gasteiger partial charge in [0.05, 0.1) is 0 Å². The van der Waals surface area contributed by atoms with E-state index in [2.05, 4.69) is 10.6 Å². The summed E-state index contributed by atoms with van der Waals surface area (Å²) in [4.78, 5) is 25.5. The van der Waals surface area contributed by atoms with Gasteiger partial charge in [-0.2, -0.15) is 0 Å². The van der Waals surface area contributed by atoms with E-state index in [1.807, 2.05) is 0 Å². The molecule has 0 unspecified atom stereocenters. The number of carbonyl (C=O) groups is 2. The molecule has 0 atom stereocenters. The second-order valence-electron chi connectivity index (χ2n) is 5.73. The van der Waals surface area contributed by atoms with Gasteiger partial charge in [-0.1, -0.05) is 6.07 Å². The lowest BCUT2D eigenvalue weighted by atomic mass is 10.1. The Morgan fingerprint density at radius 3 is 2.28 bits per heavy atom. The largest absolute Gasteiger partial charge is 0.323 e. The van der Waals surface area contributed by atoms with Crippen molar-refractivity contribution in [2.75, 3.05) is 22.1 Å².